The number of ether oxygens (including phenoxy) is 2. The summed E-state index contributed by atoms with van der Waals surface area (Å²) < 4.78 is 13.3. The Balaban J connectivity index is 1.99. The first-order valence-corrected chi connectivity index (χ1v) is 8.87. The van der Waals surface area contributed by atoms with Crippen molar-refractivity contribution in [1.29, 1.82) is 0 Å². The van der Waals surface area contributed by atoms with Crippen LogP contribution in [-0.4, -0.2) is 25.4 Å². The van der Waals surface area contributed by atoms with E-state index in [1.165, 1.54) is 5.56 Å². The molecular formula is C16H23Br2NO2. The minimum Gasteiger partial charge on any atom is -0.491 e. The molecule has 1 aromatic carbocycles. The maximum atomic E-state index is 5.96. The minimum absolute atomic E-state index is 0.108. The second kappa shape index (κ2) is 7.44. The molecule has 1 aliphatic heterocycles. The third kappa shape index (κ3) is 5.55. The molecule has 1 aromatic rings. The van der Waals surface area contributed by atoms with Gasteiger partial charge in [-0.1, -0.05) is 0 Å². The van der Waals surface area contributed by atoms with Crippen molar-refractivity contribution in [2.75, 3.05) is 19.8 Å². The van der Waals surface area contributed by atoms with Gasteiger partial charge in [-0.25, -0.2) is 0 Å². The maximum Gasteiger partial charge on any atom is 0.147 e. The van der Waals surface area contributed by atoms with Gasteiger partial charge in [-0.15, -0.1) is 0 Å². The van der Waals surface area contributed by atoms with Gasteiger partial charge in [-0.2, -0.15) is 0 Å². The largest absolute Gasteiger partial charge is 0.491 e. The molecule has 1 saturated heterocycles. The molecule has 0 saturated carbocycles. The standard InChI is InChI=1S/C16H23Br2NO2/c1-16(2,3)19-8-12-6-13(17)15(14(18)7-12)21-10-11-4-5-20-9-11/h6-7,11,19H,4-5,8-10H2,1-3H3. The van der Waals surface area contributed by atoms with Crippen LogP contribution in [0.5, 0.6) is 5.75 Å². The zero-order valence-electron chi connectivity index (χ0n) is 12.8. The van der Waals surface area contributed by atoms with E-state index in [1.54, 1.807) is 0 Å². The number of hydrogen-bond donors (Lipinski definition) is 1. The molecule has 3 nitrogen and oxygen atoms in total. The van der Waals surface area contributed by atoms with Crippen molar-refractivity contribution < 1.29 is 9.47 Å². The molecule has 2 rings (SSSR count). The molecule has 1 atom stereocenters. The summed E-state index contributed by atoms with van der Waals surface area (Å²) in [7, 11) is 0. The first-order chi connectivity index (χ1) is 9.85. The van der Waals surface area contributed by atoms with E-state index >= 15 is 0 Å². The summed E-state index contributed by atoms with van der Waals surface area (Å²) in [5.74, 6) is 1.38. The second-order valence-corrected chi connectivity index (χ2v) is 8.24. The summed E-state index contributed by atoms with van der Waals surface area (Å²) in [6, 6.07) is 4.23. The average molecular weight is 421 g/mol. The number of hydrogen-bond acceptors (Lipinski definition) is 3. The minimum atomic E-state index is 0.108. The van der Waals surface area contributed by atoms with Gasteiger partial charge >= 0.3 is 0 Å². The molecular weight excluding hydrogens is 398 g/mol. The van der Waals surface area contributed by atoms with Crippen molar-refractivity contribution in [3.8, 4) is 5.75 Å². The molecule has 1 fully saturated rings. The van der Waals surface area contributed by atoms with Crippen LogP contribution in [0.3, 0.4) is 0 Å². The van der Waals surface area contributed by atoms with Crippen LogP contribution in [0.1, 0.15) is 32.8 Å². The zero-order valence-corrected chi connectivity index (χ0v) is 16.0. The van der Waals surface area contributed by atoms with Gasteiger partial charge in [-0.05, 0) is 76.7 Å². The topological polar surface area (TPSA) is 30.5 Å². The SMILES string of the molecule is CC(C)(C)NCc1cc(Br)c(OCC2CCOC2)c(Br)c1. The highest BCUT2D eigenvalue weighted by atomic mass is 79.9. The molecule has 118 valence electrons. The third-order valence-electron chi connectivity index (χ3n) is 3.37. The summed E-state index contributed by atoms with van der Waals surface area (Å²) in [4.78, 5) is 0. The van der Waals surface area contributed by atoms with Crippen LogP contribution in [-0.2, 0) is 11.3 Å². The third-order valence-corrected chi connectivity index (χ3v) is 4.55. The lowest BCUT2D eigenvalue weighted by molar-refractivity contribution is 0.166. The number of halogens is 2. The molecule has 0 bridgehead atoms. The Labute approximate surface area is 144 Å². The molecule has 0 radical (unpaired) electrons. The normalized spacial score (nSPS) is 19.0. The molecule has 1 unspecified atom stereocenters. The lowest BCUT2D eigenvalue weighted by Gasteiger charge is -2.21. The van der Waals surface area contributed by atoms with E-state index in [0.29, 0.717) is 12.5 Å². The fourth-order valence-corrected chi connectivity index (χ4v) is 3.65. The predicted molar refractivity (Wildman–Crippen MR) is 92.9 cm³/mol. The first kappa shape index (κ1) is 17.3. The van der Waals surface area contributed by atoms with Gasteiger partial charge in [0.1, 0.15) is 5.75 Å². The lowest BCUT2D eigenvalue weighted by atomic mass is 10.1. The predicted octanol–water partition coefficient (Wildman–Crippen LogP) is 4.52. The maximum absolute atomic E-state index is 5.96. The van der Waals surface area contributed by atoms with Gasteiger partial charge in [0.25, 0.3) is 0 Å². The highest BCUT2D eigenvalue weighted by Gasteiger charge is 2.18. The number of rotatable bonds is 5. The van der Waals surface area contributed by atoms with E-state index in [0.717, 1.165) is 40.9 Å². The summed E-state index contributed by atoms with van der Waals surface area (Å²) in [6.45, 7) is 9.69. The molecule has 1 aliphatic rings. The van der Waals surface area contributed by atoms with E-state index in [4.69, 9.17) is 9.47 Å². The van der Waals surface area contributed by atoms with Crippen molar-refractivity contribution in [3.63, 3.8) is 0 Å². The number of benzene rings is 1. The van der Waals surface area contributed by atoms with Gasteiger partial charge in [-0.3, -0.25) is 0 Å². The monoisotopic (exact) mass is 419 g/mol. The quantitative estimate of drug-likeness (QED) is 0.759. The Hall–Kier alpha value is -0.100. The van der Waals surface area contributed by atoms with E-state index in [9.17, 15) is 0 Å². The van der Waals surface area contributed by atoms with Crippen molar-refractivity contribution in [2.24, 2.45) is 5.92 Å². The smallest absolute Gasteiger partial charge is 0.147 e. The molecule has 5 heteroatoms. The molecule has 1 heterocycles. The van der Waals surface area contributed by atoms with Crippen molar-refractivity contribution in [3.05, 3.63) is 26.6 Å². The average Bonchev–Trinajstić information content (AvgIpc) is 2.87. The van der Waals surface area contributed by atoms with Crippen LogP contribution in [0.2, 0.25) is 0 Å². The molecule has 0 amide bonds. The van der Waals surface area contributed by atoms with Gasteiger partial charge in [0.15, 0.2) is 0 Å². The van der Waals surface area contributed by atoms with Crippen molar-refractivity contribution in [2.45, 2.75) is 39.3 Å². The van der Waals surface area contributed by atoms with E-state index in [1.807, 2.05) is 0 Å². The zero-order chi connectivity index (χ0) is 15.5. The highest BCUT2D eigenvalue weighted by Crippen LogP contribution is 2.35. The first-order valence-electron chi connectivity index (χ1n) is 7.28. The second-order valence-electron chi connectivity index (χ2n) is 6.53. The Morgan fingerprint density at radius 3 is 2.48 bits per heavy atom. The summed E-state index contributed by atoms with van der Waals surface area (Å²) >= 11 is 7.23. The summed E-state index contributed by atoms with van der Waals surface area (Å²) in [6.07, 6.45) is 1.09. The summed E-state index contributed by atoms with van der Waals surface area (Å²) in [5.41, 5.74) is 1.33. The van der Waals surface area contributed by atoms with Crippen LogP contribution >= 0.6 is 31.9 Å². The van der Waals surface area contributed by atoms with Crippen molar-refractivity contribution >= 4 is 31.9 Å². The molecule has 1 N–H and O–H groups in total. The van der Waals surface area contributed by atoms with Gasteiger partial charge < -0.3 is 14.8 Å². The van der Waals surface area contributed by atoms with E-state index in [-0.39, 0.29) is 5.54 Å². The molecule has 0 spiro atoms. The Bertz CT molecular complexity index is 457. The van der Waals surface area contributed by atoms with Crippen molar-refractivity contribution in [1.82, 2.24) is 5.32 Å². The van der Waals surface area contributed by atoms with Crippen LogP contribution in [0.25, 0.3) is 0 Å². The fourth-order valence-electron chi connectivity index (χ4n) is 2.14. The van der Waals surface area contributed by atoms with Crippen LogP contribution in [0.4, 0.5) is 0 Å². The van der Waals surface area contributed by atoms with Crippen LogP contribution in [0.15, 0.2) is 21.1 Å². The van der Waals surface area contributed by atoms with E-state index < -0.39 is 0 Å². The Kier molecular flexibility index (Phi) is 6.12. The molecule has 21 heavy (non-hydrogen) atoms. The highest BCUT2D eigenvalue weighted by molar-refractivity contribution is 9.11. The lowest BCUT2D eigenvalue weighted by Crippen LogP contribution is -2.35. The van der Waals surface area contributed by atoms with Crippen LogP contribution < -0.4 is 10.1 Å². The number of nitrogens with one attached hydrogen (secondary N) is 1. The van der Waals surface area contributed by atoms with Gasteiger partial charge in [0.05, 0.1) is 22.2 Å². The van der Waals surface area contributed by atoms with Crippen LogP contribution in [0, 0.1) is 5.92 Å². The van der Waals surface area contributed by atoms with E-state index in [2.05, 4.69) is 70.1 Å². The van der Waals surface area contributed by atoms with Gasteiger partial charge in [0.2, 0.25) is 0 Å². The Morgan fingerprint density at radius 1 is 1.29 bits per heavy atom. The fraction of sp³-hybridized carbons (Fsp3) is 0.625. The summed E-state index contributed by atoms with van der Waals surface area (Å²) in [5, 5.41) is 3.49. The molecule has 0 aromatic heterocycles. The van der Waals surface area contributed by atoms with Gasteiger partial charge in [0, 0.05) is 24.6 Å². The molecule has 0 aliphatic carbocycles. The Morgan fingerprint density at radius 2 is 1.95 bits per heavy atom.